The number of aryl methyl sites for hydroxylation is 1. The number of aromatic nitrogens is 2. The van der Waals surface area contributed by atoms with Crippen molar-refractivity contribution in [1.82, 2.24) is 9.38 Å². The van der Waals surface area contributed by atoms with Gasteiger partial charge in [-0.1, -0.05) is 0 Å². The summed E-state index contributed by atoms with van der Waals surface area (Å²) in [6, 6.07) is 0. The summed E-state index contributed by atoms with van der Waals surface area (Å²) in [5.74, 6) is -0.748. The van der Waals surface area contributed by atoms with E-state index in [9.17, 15) is 9.59 Å². The molecule has 0 aromatic carbocycles. The van der Waals surface area contributed by atoms with E-state index in [4.69, 9.17) is 5.73 Å². The highest BCUT2D eigenvalue weighted by Crippen LogP contribution is 2.10. The van der Waals surface area contributed by atoms with Gasteiger partial charge >= 0.3 is 0 Å². The van der Waals surface area contributed by atoms with Gasteiger partial charge in [-0.15, -0.1) is 11.3 Å². The average Bonchev–Trinajstić information content (AvgIpc) is 2.48. The summed E-state index contributed by atoms with van der Waals surface area (Å²) < 4.78 is 1.38. The first kappa shape index (κ1) is 8.89. The number of carbonyl (C=O) groups is 1. The largest absolute Gasteiger partial charge is 0.365 e. The molecule has 2 aromatic rings. The number of fused-ring (bicyclic) bond motifs is 1. The zero-order valence-corrected chi connectivity index (χ0v) is 8.17. The highest BCUT2D eigenvalue weighted by atomic mass is 32.1. The molecule has 0 fully saturated rings. The Hall–Kier alpha value is -1.69. The predicted octanol–water partition coefficient (Wildman–Crippen LogP) is 0.163. The zero-order valence-electron chi connectivity index (χ0n) is 7.35. The zero-order chi connectivity index (χ0) is 10.3. The summed E-state index contributed by atoms with van der Waals surface area (Å²) in [7, 11) is 0. The van der Waals surface area contributed by atoms with E-state index in [2.05, 4.69) is 4.98 Å². The van der Waals surface area contributed by atoms with Gasteiger partial charge in [-0.05, 0) is 6.92 Å². The Kier molecular flexibility index (Phi) is 1.85. The Bertz CT molecular complexity index is 569. The lowest BCUT2D eigenvalue weighted by molar-refractivity contribution is 0.0998. The standard InChI is InChI=1S/C8H7N3O2S/c1-4-3-14-8-10-2-5(6(9)12)7(13)11(4)8/h2-3H,1H3,(H2,9,12). The SMILES string of the molecule is Cc1csc2ncc(C(N)=O)c(=O)n12. The lowest BCUT2D eigenvalue weighted by Gasteiger charge is -1.97. The summed E-state index contributed by atoms with van der Waals surface area (Å²) in [6.07, 6.45) is 1.22. The highest BCUT2D eigenvalue weighted by molar-refractivity contribution is 7.15. The molecule has 2 heterocycles. The maximum absolute atomic E-state index is 11.7. The molecule has 5 nitrogen and oxygen atoms in total. The van der Waals surface area contributed by atoms with Gasteiger partial charge in [-0.2, -0.15) is 0 Å². The smallest absolute Gasteiger partial charge is 0.271 e. The first-order valence-electron chi connectivity index (χ1n) is 3.87. The Morgan fingerprint density at radius 1 is 1.64 bits per heavy atom. The Balaban J connectivity index is 2.93. The minimum atomic E-state index is -0.748. The molecule has 2 N–H and O–H groups in total. The molecule has 0 atom stereocenters. The first-order valence-corrected chi connectivity index (χ1v) is 4.75. The Morgan fingerprint density at radius 2 is 2.36 bits per heavy atom. The van der Waals surface area contributed by atoms with E-state index in [1.165, 1.54) is 21.9 Å². The normalized spacial score (nSPS) is 10.6. The van der Waals surface area contributed by atoms with Gasteiger partial charge in [0.25, 0.3) is 11.5 Å². The van der Waals surface area contributed by atoms with E-state index in [1.807, 2.05) is 0 Å². The number of nitrogens with zero attached hydrogens (tertiary/aromatic N) is 2. The fourth-order valence-corrected chi connectivity index (χ4v) is 2.02. The molecule has 1 amide bonds. The minimum absolute atomic E-state index is 0.0796. The van der Waals surface area contributed by atoms with E-state index in [-0.39, 0.29) is 5.56 Å². The summed E-state index contributed by atoms with van der Waals surface area (Å²) in [6.45, 7) is 1.78. The molecule has 0 radical (unpaired) electrons. The molecule has 2 rings (SSSR count). The van der Waals surface area contributed by atoms with Crippen molar-refractivity contribution in [2.75, 3.05) is 0 Å². The van der Waals surface area contributed by atoms with E-state index in [1.54, 1.807) is 12.3 Å². The van der Waals surface area contributed by atoms with Gasteiger partial charge < -0.3 is 5.73 Å². The van der Waals surface area contributed by atoms with Crippen molar-refractivity contribution in [3.63, 3.8) is 0 Å². The van der Waals surface area contributed by atoms with Crippen LogP contribution >= 0.6 is 11.3 Å². The van der Waals surface area contributed by atoms with Gasteiger partial charge in [0.05, 0.1) is 0 Å². The van der Waals surface area contributed by atoms with Crippen LogP contribution in [0, 0.1) is 6.92 Å². The van der Waals surface area contributed by atoms with Crippen molar-refractivity contribution in [3.8, 4) is 0 Å². The average molecular weight is 209 g/mol. The number of thiazole rings is 1. The maximum Gasteiger partial charge on any atom is 0.271 e. The Labute approximate surface area is 82.8 Å². The molecule has 0 aliphatic rings. The van der Waals surface area contributed by atoms with Crippen LogP contribution in [0.4, 0.5) is 0 Å². The fourth-order valence-electron chi connectivity index (χ4n) is 1.19. The quantitative estimate of drug-likeness (QED) is 0.726. The predicted molar refractivity (Wildman–Crippen MR) is 52.6 cm³/mol. The fraction of sp³-hybridized carbons (Fsp3) is 0.125. The molecular formula is C8H7N3O2S. The van der Waals surface area contributed by atoms with Crippen LogP contribution in [0.3, 0.4) is 0 Å². The summed E-state index contributed by atoms with van der Waals surface area (Å²) >= 11 is 1.35. The van der Waals surface area contributed by atoms with Crippen molar-refractivity contribution < 1.29 is 4.79 Å². The van der Waals surface area contributed by atoms with Crippen LogP contribution in [0.2, 0.25) is 0 Å². The topological polar surface area (TPSA) is 77.5 Å². The summed E-state index contributed by atoms with van der Waals surface area (Å²) in [5, 5.41) is 1.80. The minimum Gasteiger partial charge on any atom is -0.365 e. The lowest BCUT2D eigenvalue weighted by atomic mass is 10.3. The molecule has 0 spiro atoms. The third-order valence-electron chi connectivity index (χ3n) is 1.88. The van der Waals surface area contributed by atoms with Gasteiger partial charge in [0.1, 0.15) is 5.56 Å². The number of hydrogen-bond acceptors (Lipinski definition) is 4. The molecule has 0 saturated heterocycles. The number of carbonyl (C=O) groups excluding carboxylic acids is 1. The van der Waals surface area contributed by atoms with Crippen molar-refractivity contribution >= 4 is 22.2 Å². The second kappa shape index (κ2) is 2.91. The first-order chi connectivity index (χ1) is 6.61. The number of amides is 1. The van der Waals surface area contributed by atoms with E-state index >= 15 is 0 Å². The van der Waals surface area contributed by atoms with Crippen molar-refractivity contribution in [2.45, 2.75) is 6.92 Å². The van der Waals surface area contributed by atoms with Crippen molar-refractivity contribution in [3.05, 3.63) is 33.2 Å². The lowest BCUT2D eigenvalue weighted by Crippen LogP contribution is -2.26. The molecule has 72 valence electrons. The molecule has 0 aliphatic heterocycles. The van der Waals surface area contributed by atoms with Gasteiger partial charge in [0.2, 0.25) is 0 Å². The highest BCUT2D eigenvalue weighted by Gasteiger charge is 2.11. The molecule has 2 aromatic heterocycles. The molecule has 0 bridgehead atoms. The third-order valence-corrected chi connectivity index (χ3v) is 2.84. The molecule has 0 unspecified atom stereocenters. The summed E-state index contributed by atoms with van der Waals surface area (Å²) in [4.78, 5) is 27.1. The van der Waals surface area contributed by atoms with Crippen LogP contribution < -0.4 is 11.3 Å². The second-order valence-corrected chi connectivity index (χ2v) is 3.67. The van der Waals surface area contributed by atoms with Crippen LogP contribution in [0.5, 0.6) is 0 Å². The third kappa shape index (κ3) is 1.12. The van der Waals surface area contributed by atoms with E-state index in [0.29, 0.717) is 4.96 Å². The van der Waals surface area contributed by atoms with Crippen LogP contribution in [0.25, 0.3) is 4.96 Å². The van der Waals surface area contributed by atoms with E-state index in [0.717, 1.165) is 5.69 Å². The molecule has 14 heavy (non-hydrogen) atoms. The van der Waals surface area contributed by atoms with E-state index < -0.39 is 11.5 Å². The van der Waals surface area contributed by atoms with Crippen molar-refractivity contribution in [1.29, 1.82) is 0 Å². The van der Waals surface area contributed by atoms with Gasteiger partial charge in [-0.25, -0.2) is 4.98 Å². The van der Waals surface area contributed by atoms with Crippen molar-refractivity contribution in [2.24, 2.45) is 5.73 Å². The van der Waals surface area contributed by atoms with Gasteiger partial charge in [-0.3, -0.25) is 14.0 Å². The maximum atomic E-state index is 11.7. The van der Waals surface area contributed by atoms with Crippen LogP contribution in [-0.2, 0) is 0 Å². The molecule has 0 saturated carbocycles. The van der Waals surface area contributed by atoms with Crippen LogP contribution in [0.15, 0.2) is 16.4 Å². The number of rotatable bonds is 1. The second-order valence-electron chi connectivity index (χ2n) is 2.84. The van der Waals surface area contributed by atoms with Crippen LogP contribution in [0.1, 0.15) is 16.1 Å². The molecular weight excluding hydrogens is 202 g/mol. The number of primary amides is 1. The molecule has 0 aliphatic carbocycles. The van der Waals surface area contributed by atoms with Crippen LogP contribution in [-0.4, -0.2) is 15.3 Å². The van der Waals surface area contributed by atoms with Gasteiger partial charge in [0, 0.05) is 17.3 Å². The molecule has 6 heteroatoms. The Morgan fingerprint density at radius 3 is 3.00 bits per heavy atom. The monoisotopic (exact) mass is 209 g/mol. The number of hydrogen-bond donors (Lipinski definition) is 1. The number of nitrogens with two attached hydrogens (primary N) is 1. The summed E-state index contributed by atoms with van der Waals surface area (Å²) in [5.41, 5.74) is 5.31. The van der Waals surface area contributed by atoms with Gasteiger partial charge in [0.15, 0.2) is 4.96 Å².